The molecule has 2 aromatic heterocycles. The fraction of sp³-hybridized carbons (Fsp3) is 0.391. The molecule has 4 nitrogen and oxygen atoms in total. The third-order valence-electron chi connectivity index (χ3n) is 11.4. The molecule has 0 N–H and O–H groups in total. The number of furan rings is 1. The van der Waals surface area contributed by atoms with Crippen LogP contribution in [0.2, 0.25) is 0 Å². The average Bonchev–Trinajstić information content (AvgIpc) is 3.61. The number of rotatable bonds is 3. The van der Waals surface area contributed by atoms with Gasteiger partial charge in [0.05, 0.1) is 11.3 Å². The summed E-state index contributed by atoms with van der Waals surface area (Å²) in [6, 6.07) is 21.6. The summed E-state index contributed by atoms with van der Waals surface area (Å²) in [5, 5.41) is 6.41. The van der Waals surface area contributed by atoms with Crippen molar-refractivity contribution in [1.29, 1.82) is 0 Å². The Bertz CT molecular complexity index is 2560. The second-order valence-electron chi connectivity index (χ2n) is 16.4. The van der Waals surface area contributed by atoms with Crippen LogP contribution < -0.4 is 4.57 Å². The maximum absolute atomic E-state index is 8.77. The lowest BCUT2D eigenvalue weighted by Gasteiger charge is -2.41. The third kappa shape index (κ3) is 4.42. The minimum atomic E-state index is -1.44. The van der Waals surface area contributed by atoms with Crippen LogP contribution in [0.3, 0.4) is 0 Å². The number of aromatic nitrogens is 2. The van der Waals surface area contributed by atoms with Crippen molar-refractivity contribution in [3.63, 3.8) is 0 Å². The summed E-state index contributed by atoms with van der Waals surface area (Å²) in [6.07, 6.45) is 6.85. The van der Waals surface area contributed by atoms with E-state index in [-0.39, 0.29) is 11.3 Å². The van der Waals surface area contributed by atoms with Crippen molar-refractivity contribution in [1.82, 2.24) is 4.98 Å². The molecule has 1 fully saturated rings. The van der Waals surface area contributed by atoms with Crippen molar-refractivity contribution in [3.8, 4) is 11.3 Å². The molecule has 1 unspecified atom stereocenters. The molecule has 1 atom stereocenters. The summed E-state index contributed by atoms with van der Waals surface area (Å²) >= 11 is 0. The molecule has 254 valence electrons. The van der Waals surface area contributed by atoms with E-state index >= 15 is 0 Å². The van der Waals surface area contributed by atoms with Gasteiger partial charge in [-0.1, -0.05) is 102 Å². The van der Waals surface area contributed by atoms with Gasteiger partial charge in [-0.15, -0.1) is 0 Å². The van der Waals surface area contributed by atoms with Crippen LogP contribution in [0, 0.1) is 18.8 Å². The molecule has 0 amide bonds. The molecular weight excluding hydrogens is 613 g/mol. The highest BCUT2D eigenvalue weighted by Gasteiger charge is 2.60. The van der Waals surface area contributed by atoms with Gasteiger partial charge in [0, 0.05) is 31.6 Å². The normalized spacial score (nSPS) is 20.5. The highest BCUT2D eigenvalue weighted by molar-refractivity contribution is 6.18. The SMILES string of the molecule is [2H]C([2H])(c1ccc2c(ccc3c2oc2nc(C)[n+]4c(c23)-c2cc(C(C)(C)C)c3ccccc3c2C42OC(C)=CC(C)=C2C2CCCCC2)c1)C(C)C. The molecule has 4 aromatic carbocycles. The summed E-state index contributed by atoms with van der Waals surface area (Å²) in [6.45, 7) is 17.3. The predicted molar refractivity (Wildman–Crippen MR) is 205 cm³/mol. The predicted octanol–water partition coefficient (Wildman–Crippen LogP) is 11.9. The molecule has 6 aromatic rings. The Morgan fingerprint density at radius 3 is 2.40 bits per heavy atom. The summed E-state index contributed by atoms with van der Waals surface area (Å²) in [5.41, 5.74) is 8.53. The first-order valence-electron chi connectivity index (χ1n) is 19.6. The Balaban J connectivity index is 1.45. The smallest absolute Gasteiger partial charge is 0.346 e. The number of ether oxygens (including phenoxy) is 1. The number of aryl methyl sites for hydroxylation is 1. The standard InChI is InChI=1S/C46H49N2O2/c1-26(2)22-30-18-20-33-32(24-30)19-21-36-39-42-37-25-38(45(6,7)8)34-16-12-13-17-35(34)41(37)46(48(42)29(5)47-44(39)49-43(33)36)40(27(3)23-28(4)50-46)31-14-10-9-11-15-31/h12-13,16-21,23-26,31H,9-11,14-15,22H2,1-8H3/q+1/i22D2. The molecule has 0 saturated heterocycles. The molecule has 9 rings (SSSR count). The Morgan fingerprint density at radius 2 is 1.66 bits per heavy atom. The van der Waals surface area contributed by atoms with Crippen molar-refractivity contribution >= 4 is 43.6 Å². The fourth-order valence-electron chi connectivity index (χ4n) is 9.68. The number of nitrogens with zero attached hydrogens (tertiary/aromatic N) is 2. The van der Waals surface area contributed by atoms with E-state index in [1.807, 2.05) is 32.0 Å². The van der Waals surface area contributed by atoms with E-state index in [0.29, 0.717) is 17.2 Å². The van der Waals surface area contributed by atoms with Gasteiger partial charge in [-0.2, -0.15) is 4.57 Å². The molecule has 1 aliphatic carbocycles. The Labute approximate surface area is 298 Å². The van der Waals surface area contributed by atoms with Gasteiger partial charge >= 0.3 is 17.3 Å². The van der Waals surface area contributed by atoms with E-state index in [1.54, 1.807) is 0 Å². The van der Waals surface area contributed by atoms with E-state index in [4.69, 9.17) is 16.9 Å². The van der Waals surface area contributed by atoms with Crippen molar-refractivity contribution in [3.05, 3.63) is 106 Å². The molecule has 0 bridgehead atoms. The lowest BCUT2D eigenvalue weighted by Crippen LogP contribution is -2.61. The van der Waals surface area contributed by atoms with Crippen molar-refractivity contribution in [2.75, 3.05) is 0 Å². The molecular formula is C46H49N2O2+. The largest absolute Gasteiger partial charge is 0.446 e. The lowest BCUT2D eigenvalue weighted by atomic mass is 9.72. The number of allylic oxidation sites excluding steroid dienone is 3. The summed E-state index contributed by atoms with van der Waals surface area (Å²) < 4.78 is 34.3. The lowest BCUT2D eigenvalue weighted by molar-refractivity contribution is -0.777. The maximum atomic E-state index is 8.77. The number of hydrogen-bond acceptors (Lipinski definition) is 3. The van der Waals surface area contributed by atoms with E-state index < -0.39 is 12.1 Å². The molecule has 4 heteroatoms. The van der Waals surface area contributed by atoms with Crippen LogP contribution in [-0.2, 0) is 22.2 Å². The van der Waals surface area contributed by atoms with E-state index in [0.717, 1.165) is 57.2 Å². The van der Waals surface area contributed by atoms with Gasteiger partial charge in [-0.3, -0.25) is 0 Å². The third-order valence-corrected chi connectivity index (χ3v) is 11.4. The molecule has 4 heterocycles. The van der Waals surface area contributed by atoms with Gasteiger partial charge in [0.1, 0.15) is 11.0 Å². The molecule has 1 saturated carbocycles. The van der Waals surface area contributed by atoms with E-state index in [2.05, 4.69) is 94.7 Å². The van der Waals surface area contributed by atoms with Crippen LogP contribution in [0.5, 0.6) is 0 Å². The average molecular weight is 664 g/mol. The Hall–Kier alpha value is -4.44. The molecule has 50 heavy (non-hydrogen) atoms. The van der Waals surface area contributed by atoms with Crippen LogP contribution in [-0.4, -0.2) is 4.98 Å². The van der Waals surface area contributed by atoms with Crippen molar-refractivity contribution in [2.45, 2.75) is 105 Å². The van der Waals surface area contributed by atoms with Crippen molar-refractivity contribution < 1.29 is 16.5 Å². The minimum Gasteiger partial charge on any atom is -0.446 e. The highest BCUT2D eigenvalue weighted by Crippen LogP contribution is 2.56. The summed E-state index contributed by atoms with van der Waals surface area (Å²) in [5.74, 6) is 2.01. The first-order valence-corrected chi connectivity index (χ1v) is 18.6. The van der Waals surface area contributed by atoms with Gasteiger partial charge in [-0.25, -0.2) is 0 Å². The Morgan fingerprint density at radius 1 is 0.920 bits per heavy atom. The molecule has 2 aliphatic heterocycles. The van der Waals surface area contributed by atoms with Gasteiger partial charge < -0.3 is 9.15 Å². The van der Waals surface area contributed by atoms with E-state index in [9.17, 15) is 0 Å². The zero-order valence-electron chi connectivity index (χ0n) is 32.8. The topological polar surface area (TPSA) is 39.1 Å². The second-order valence-corrected chi connectivity index (χ2v) is 16.4. The molecule has 1 spiro atoms. The first-order chi connectivity index (χ1) is 24.7. The highest BCUT2D eigenvalue weighted by atomic mass is 16.5. The number of fused-ring (bicyclic) bond motifs is 13. The zero-order valence-corrected chi connectivity index (χ0v) is 30.8. The summed E-state index contributed by atoms with van der Waals surface area (Å²) in [7, 11) is 0. The van der Waals surface area contributed by atoms with Crippen LogP contribution >= 0.6 is 0 Å². The van der Waals surface area contributed by atoms with Crippen LogP contribution in [0.4, 0.5) is 0 Å². The van der Waals surface area contributed by atoms with Gasteiger partial charge in [-0.05, 0) is 106 Å². The van der Waals surface area contributed by atoms with Crippen molar-refractivity contribution in [2.24, 2.45) is 11.8 Å². The number of benzene rings is 4. The van der Waals surface area contributed by atoms with Crippen LogP contribution in [0.15, 0.2) is 88.1 Å². The van der Waals surface area contributed by atoms with Gasteiger partial charge in [0.2, 0.25) is 0 Å². The van der Waals surface area contributed by atoms with E-state index in [1.165, 1.54) is 57.9 Å². The van der Waals surface area contributed by atoms with Crippen LogP contribution in [0.1, 0.15) is 106 Å². The maximum Gasteiger partial charge on any atom is 0.346 e. The van der Waals surface area contributed by atoms with Crippen LogP contribution in [0.25, 0.3) is 54.9 Å². The summed E-state index contributed by atoms with van der Waals surface area (Å²) in [4.78, 5) is 5.30. The first kappa shape index (κ1) is 29.3. The Kier molecular flexibility index (Phi) is 6.46. The molecule has 0 radical (unpaired) electrons. The fourth-order valence-corrected chi connectivity index (χ4v) is 9.68. The zero-order chi connectivity index (χ0) is 36.5. The van der Waals surface area contributed by atoms with Gasteiger partial charge in [0.15, 0.2) is 5.69 Å². The quantitative estimate of drug-likeness (QED) is 0.177. The second kappa shape index (κ2) is 11.0. The minimum absolute atomic E-state index is 0.106. The van der Waals surface area contributed by atoms with Gasteiger partial charge in [0.25, 0.3) is 0 Å². The monoisotopic (exact) mass is 663 g/mol. The molecule has 3 aliphatic rings. The number of hydrogen-bond donors (Lipinski definition) is 0.